The van der Waals surface area contributed by atoms with Crippen LogP contribution in [0.5, 0.6) is 5.88 Å². The molecule has 0 saturated heterocycles. The van der Waals surface area contributed by atoms with E-state index in [4.69, 9.17) is 4.74 Å². The van der Waals surface area contributed by atoms with Crippen LogP contribution < -0.4 is 4.74 Å². The van der Waals surface area contributed by atoms with Crippen molar-refractivity contribution in [2.75, 3.05) is 6.61 Å². The lowest BCUT2D eigenvalue weighted by molar-refractivity contribution is 0.325. The van der Waals surface area contributed by atoms with Crippen molar-refractivity contribution in [1.82, 2.24) is 14.8 Å². The van der Waals surface area contributed by atoms with E-state index < -0.39 is 0 Å². The minimum Gasteiger partial charge on any atom is -0.476 e. The van der Waals surface area contributed by atoms with E-state index in [9.17, 15) is 0 Å². The first kappa shape index (κ1) is 13.4. The van der Waals surface area contributed by atoms with Crippen LogP contribution in [-0.2, 0) is 0 Å². The molecule has 0 fully saturated rings. The van der Waals surface area contributed by atoms with Crippen molar-refractivity contribution in [2.45, 2.75) is 13.8 Å². The average molecular weight is 279 g/mol. The molecule has 2 heterocycles. The minimum atomic E-state index is 0.582. The lowest BCUT2D eigenvalue weighted by Gasteiger charge is -2.04. The SMILES string of the molecule is CCOc1nn(-c2ccccn2)c(C)c1-c1ccccc1. The van der Waals surface area contributed by atoms with Crippen LogP contribution in [0, 0.1) is 6.92 Å². The fourth-order valence-corrected chi connectivity index (χ4v) is 2.35. The Bertz CT molecular complexity index is 721. The molecule has 0 radical (unpaired) electrons. The molecule has 0 N–H and O–H groups in total. The van der Waals surface area contributed by atoms with Gasteiger partial charge in [0.25, 0.3) is 0 Å². The van der Waals surface area contributed by atoms with Crippen molar-refractivity contribution in [3.05, 3.63) is 60.4 Å². The third-order valence-corrected chi connectivity index (χ3v) is 3.29. The summed E-state index contributed by atoms with van der Waals surface area (Å²) in [5.41, 5.74) is 3.13. The van der Waals surface area contributed by atoms with Gasteiger partial charge in [-0.15, -0.1) is 5.10 Å². The number of hydrogen-bond donors (Lipinski definition) is 0. The number of pyridine rings is 1. The molecule has 4 nitrogen and oxygen atoms in total. The van der Waals surface area contributed by atoms with Gasteiger partial charge in [-0.3, -0.25) is 0 Å². The van der Waals surface area contributed by atoms with Gasteiger partial charge in [0, 0.05) is 6.20 Å². The third kappa shape index (κ3) is 2.52. The summed E-state index contributed by atoms with van der Waals surface area (Å²) in [4.78, 5) is 4.36. The number of rotatable bonds is 4. The maximum Gasteiger partial charge on any atom is 0.241 e. The van der Waals surface area contributed by atoms with E-state index in [0.29, 0.717) is 12.5 Å². The van der Waals surface area contributed by atoms with E-state index >= 15 is 0 Å². The van der Waals surface area contributed by atoms with Crippen LogP contribution in [0.25, 0.3) is 16.9 Å². The minimum absolute atomic E-state index is 0.582. The van der Waals surface area contributed by atoms with Gasteiger partial charge in [0.15, 0.2) is 5.82 Å². The molecular formula is C17H17N3O. The van der Waals surface area contributed by atoms with Crippen LogP contribution in [0.3, 0.4) is 0 Å². The lowest BCUT2D eigenvalue weighted by Crippen LogP contribution is -2.01. The van der Waals surface area contributed by atoms with Crippen LogP contribution in [0.4, 0.5) is 0 Å². The van der Waals surface area contributed by atoms with E-state index in [-0.39, 0.29) is 0 Å². The van der Waals surface area contributed by atoms with Crippen LogP contribution in [-0.4, -0.2) is 21.4 Å². The molecule has 3 aromatic rings. The standard InChI is InChI=1S/C17H17N3O/c1-3-21-17-16(14-9-5-4-6-10-14)13(2)20(19-17)15-11-7-8-12-18-15/h4-12H,3H2,1-2H3. The molecule has 0 aliphatic carbocycles. The Morgan fingerprint density at radius 1 is 1.05 bits per heavy atom. The molecule has 0 aliphatic rings. The number of nitrogens with zero attached hydrogens (tertiary/aromatic N) is 3. The van der Waals surface area contributed by atoms with Gasteiger partial charge < -0.3 is 4.74 Å². The van der Waals surface area contributed by atoms with E-state index in [0.717, 1.165) is 22.6 Å². The monoisotopic (exact) mass is 279 g/mol. The molecule has 0 aliphatic heterocycles. The van der Waals surface area contributed by atoms with Gasteiger partial charge in [-0.25, -0.2) is 9.67 Å². The average Bonchev–Trinajstić information content (AvgIpc) is 2.86. The molecular weight excluding hydrogens is 262 g/mol. The summed E-state index contributed by atoms with van der Waals surface area (Å²) in [6, 6.07) is 15.9. The van der Waals surface area contributed by atoms with Gasteiger partial charge in [0.05, 0.1) is 17.9 Å². The van der Waals surface area contributed by atoms with Crippen molar-refractivity contribution in [3.8, 4) is 22.8 Å². The highest BCUT2D eigenvalue weighted by Gasteiger charge is 2.18. The zero-order valence-electron chi connectivity index (χ0n) is 12.2. The molecule has 3 rings (SSSR count). The maximum atomic E-state index is 5.71. The van der Waals surface area contributed by atoms with Gasteiger partial charge in [-0.2, -0.15) is 0 Å². The van der Waals surface area contributed by atoms with E-state index in [1.54, 1.807) is 6.20 Å². The van der Waals surface area contributed by atoms with E-state index in [2.05, 4.69) is 22.2 Å². The summed E-state index contributed by atoms with van der Waals surface area (Å²) in [7, 11) is 0. The first-order valence-electron chi connectivity index (χ1n) is 7.00. The fourth-order valence-electron chi connectivity index (χ4n) is 2.35. The molecule has 0 saturated carbocycles. The van der Waals surface area contributed by atoms with Gasteiger partial charge in [0.1, 0.15) is 0 Å². The summed E-state index contributed by atoms with van der Waals surface area (Å²) < 4.78 is 7.54. The largest absolute Gasteiger partial charge is 0.476 e. The van der Waals surface area contributed by atoms with Crippen molar-refractivity contribution in [3.63, 3.8) is 0 Å². The zero-order chi connectivity index (χ0) is 14.7. The lowest BCUT2D eigenvalue weighted by atomic mass is 10.1. The molecule has 2 aromatic heterocycles. The Morgan fingerprint density at radius 3 is 2.48 bits per heavy atom. The number of benzene rings is 1. The Labute approximate surface area is 124 Å². The Morgan fingerprint density at radius 2 is 1.81 bits per heavy atom. The summed E-state index contributed by atoms with van der Waals surface area (Å²) in [6.07, 6.45) is 1.76. The topological polar surface area (TPSA) is 39.9 Å². The van der Waals surface area contributed by atoms with Gasteiger partial charge in [-0.1, -0.05) is 36.4 Å². The van der Waals surface area contributed by atoms with Crippen LogP contribution in [0.15, 0.2) is 54.7 Å². The van der Waals surface area contributed by atoms with Crippen LogP contribution in [0.2, 0.25) is 0 Å². The molecule has 0 bridgehead atoms. The molecule has 106 valence electrons. The highest BCUT2D eigenvalue weighted by Crippen LogP contribution is 2.33. The quantitative estimate of drug-likeness (QED) is 0.732. The van der Waals surface area contributed by atoms with Crippen LogP contribution in [0.1, 0.15) is 12.6 Å². The van der Waals surface area contributed by atoms with E-state index in [1.807, 2.05) is 54.9 Å². The summed E-state index contributed by atoms with van der Waals surface area (Å²) in [6.45, 7) is 4.58. The number of ether oxygens (including phenoxy) is 1. The predicted molar refractivity (Wildman–Crippen MR) is 82.7 cm³/mol. The fraction of sp³-hybridized carbons (Fsp3) is 0.176. The van der Waals surface area contributed by atoms with Crippen molar-refractivity contribution in [1.29, 1.82) is 0 Å². The molecule has 1 aromatic carbocycles. The molecule has 21 heavy (non-hydrogen) atoms. The maximum absolute atomic E-state index is 5.71. The zero-order valence-corrected chi connectivity index (χ0v) is 12.2. The van der Waals surface area contributed by atoms with Gasteiger partial charge in [0.2, 0.25) is 5.88 Å². The molecule has 0 amide bonds. The number of aromatic nitrogens is 3. The Hall–Kier alpha value is -2.62. The highest BCUT2D eigenvalue weighted by atomic mass is 16.5. The van der Waals surface area contributed by atoms with Crippen LogP contribution >= 0.6 is 0 Å². The van der Waals surface area contributed by atoms with Crippen molar-refractivity contribution >= 4 is 0 Å². The predicted octanol–water partition coefficient (Wildman–Crippen LogP) is 3.64. The summed E-state index contributed by atoms with van der Waals surface area (Å²) in [5, 5.41) is 4.58. The highest BCUT2D eigenvalue weighted by molar-refractivity contribution is 5.71. The number of hydrogen-bond acceptors (Lipinski definition) is 3. The molecule has 4 heteroatoms. The van der Waals surface area contributed by atoms with Gasteiger partial charge >= 0.3 is 0 Å². The van der Waals surface area contributed by atoms with Gasteiger partial charge in [-0.05, 0) is 31.5 Å². The first-order chi connectivity index (χ1) is 10.3. The van der Waals surface area contributed by atoms with E-state index in [1.165, 1.54) is 0 Å². The second-order valence-electron chi connectivity index (χ2n) is 4.66. The summed E-state index contributed by atoms with van der Waals surface area (Å²) in [5.74, 6) is 1.44. The molecule has 0 unspecified atom stereocenters. The van der Waals surface area contributed by atoms with Crippen molar-refractivity contribution < 1.29 is 4.74 Å². The normalized spacial score (nSPS) is 10.6. The molecule has 0 spiro atoms. The second kappa shape index (κ2) is 5.79. The molecule has 0 atom stereocenters. The third-order valence-electron chi connectivity index (χ3n) is 3.29. The van der Waals surface area contributed by atoms with Crippen molar-refractivity contribution in [2.24, 2.45) is 0 Å². The Balaban J connectivity index is 2.17. The smallest absolute Gasteiger partial charge is 0.241 e. The first-order valence-corrected chi connectivity index (χ1v) is 7.00. The summed E-state index contributed by atoms with van der Waals surface area (Å²) >= 11 is 0. The Kier molecular flexibility index (Phi) is 3.69. The second-order valence-corrected chi connectivity index (χ2v) is 4.66.